The number of carbonyl (C=O) groups is 1. The van der Waals surface area contributed by atoms with Gasteiger partial charge in [0.05, 0.1) is 17.1 Å². The van der Waals surface area contributed by atoms with Crippen LogP contribution in [0.5, 0.6) is 17.2 Å². The molecule has 3 aromatic carbocycles. The molecule has 1 amide bonds. The molecule has 0 saturated heterocycles. The summed E-state index contributed by atoms with van der Waals surface area (Å²) in [7, 11) is -4.20. The van der Waals surface area contributed by atoms with Gasteiger partial charge in [0.15, 0.2) is 11.5 Å². The maximum absolute atomic E-state index is 13.6. The molecule has 190 valence electrons. The summed E-state index contributed by atoms with van der Waals surface area (Å²) in [6.45, 7) is 4.47. The van der Waals surface area contributed by atoms with Crippen LogP contribution in [0.3, 0.4) is 0 Å². The van der Waals surface area contributed by atoms with Gasteiger partial charge in [-0.1, -0.05) is 12.1 Å². The average Bonchev–Trinajstić information content (AvgIpc) is 2.87. The fourth-order valence-corrected chi connectivity index (χ4v) is 5.09. The van der Waals surface area contributed by atoms with Crippen molar-refractivity contribution in [2.24, 2.45) is 0 Å². The number of sulfonamides is 1. The van der Waals surface area contributed by atoms with E-state index in [9.17, 15) is 17.6 Å². The van der Waals surface area contributed by atoms with Crippen LogP contribution in [0.1, 0.15) is 11.1 Å². The molecule has 1 aliphatic rings. The van der Waals surface area contributed by atoms with Crippen molar-refractivity contribution >= 4 is 21.6 Å². The molecule has 0 aromatic heterocycles. The van der Waals surface area contributed by atoms with Crippen LogP contribution in [0, 0.1) is 19.7 Å². The predicted octanol–water partition coefficient (Wildman–Crippen LogP) is 3.60. The van der Waals surface area contributed by atoms with Crippen molar-refractivity contribution in [2.75, 3.05) is 37.2 Å². The molecule has 10 heteroatoms. The van der Waals surface area contributed by atoms with E-state index < -0.39 is 28.3 Å². The summed E-state index contributed by atoms with van der Waals surface area (Å²) in [5, 5.41) is 2.68. The van der Waals surface area contributed by atoms with E-state index in [0.717, 1.165) is 33.3 Å². The topological polar surface area (TPSA) is 94.2 Å². The highest BCUT2D eigenvalue weighted by Crippen LogP contribution is 2.34. The highest BCUT2D eigenvalue weighted by Gasteiger charge is 2.29. The van der Waals surface area contributed by atoms with Crippen molar-refractivity contribution in [1.82, 2.24) is 5.32 Å². The zero-order chi connectivity index (χ0) is 25.7. The SMILES string of the molecule is Cc1cccc(OCCNC(=O)CN(c2ccc(F)cc2)S(=O)(=O)c2ccc3c(c2)OCCO3)c1C. The van der Waals surface area contributed by atoms with Gasteiger partial charge < -0.3 is 19.5 Å². The van der Waals surface area contributed by atoms with Crippen molar-refractivity contribution in [2.45, 2.75) is 18.7 Å². The van der Waals surface area contributed by atoms with Gasteiger partial charge in [0.2, 0.25) is 5.91 Å². The summed E-state index contributed by atoms with van der Waals surface area (Å²) in [5.74, 6) is 0.399. The van der Waals surface area contributed by atoms with E-state index in [1.807, 2.05) is 32.0 Å². The highest BCUT2D eigenvalue weighted by molar-refractivity contribution is 7.92. The van der Waals surface area contributed by atoms with E-state index in [-0.39, 0.29) is 23.7 Å². The molecule has 0 unspecified atom stereocenters. The molecule has 0 atom stereocenters. The monoisotopic (exact) mass is 514 g/mol. The Kier molecular flexibility index (Phi) is 7.64. The fraction of sp³-hybridized carbons (Fsp3) is 0.269. The van der Waals surface area contributed by atoms with Crippen LogP contribution in [-0.4, -0.2) is 47.2 Å². The number of amides is 1. The molecule has 8 nitrogen and oxygen atoms in total. The van der Waals surface area contributed by atoms with Gasteiger partial charge in [-0.25, -0.2) is 12.8 Å². The quantitative estimate of drug-likeness (QED) is 0.439. The second-order valence-corrected chi connectivity index (χ2v) is 10.1. The van der Waals surface area contributed by atoms with E-state index in [0.29, 0.717) is 24.7 Å². The van der Waals surface area contributed by atoms with Crippen molar-refractivity contribution in [1.29, 1.82) is 0 Å². The van der Waals surface area contributed by atoms with Crippen LogP contribution in [0.25, 0.3) is 0 Å². The van der Waals surface area contributed by atoms with Gasteiger partial charge in [0.25, 0.3) is 10.0 Å². The lowest BCUT2D eigenvalue weighted by molar-refractivity contribution is -0.119. The second kappa shape index (κ2) is 10.9. The number of nitrogens with zero attached hydrogens (tertiary/aromatic N) is 1. The number of fused-ring (bicyclic) bond motifs is 1. The Labute approximate surface area is 209 Å². The molecule has 0 aliphatic carbocycles. The Balaban J connectivity index is 1.48. The summed E-state index contributed by atoms with van der Waals surface area (Å²) in [6, 6.07) is 14.9. The molecule has 1 aliphatic heterocycles. The molecule has 0 fully saturated rings. The summed E-state index contributed by atoms with van der Waals surface area (Å²) in [5.41, 5.74) is 2.25. The fourth-order valence-electron chi connectivity index (χ4n) is 3.65. The maximum Gasteiger partial charge on any atom is 0.264 e. The molecule has 0 spiro atoms. The molecule has 36 heavy (non-hydrogen) atoms. The van der Waals surface area contributed by atoms with E-state index >= 15 is 0 Å². The number of anilines is 1. The Morgan fingerprint density at radius 1 is 1.03 bits per heavy atom. The number of halogens is 1. The minimum absolute atomic E-state index is 0.0814. The third-order valence-corrected chi connectivity index (χ3v) is 7.51. The Morgan fingerprint density at radius 3 is 2.50 bits per heavy atom. The molecule has 0 saturated carbocycles. The van der Waals surface area contributed by atoms with Gasteiger partial charge in [-0.2, -0.15) is 0 Å². The van der Waals surface area contributed by atoms with E-state index in [4.69, 9.17) is 14.2 Å². The Bertz CT molecular complexity index is 1350. The zero-order valence-corrected chi connectivity index (χ0v) is 20.8. The van der Waals surface area contributed by atoms with Gasteiger partial charge in [-0.3, -0.25) is 9.10 Å². The molecule has 0 bridgehead atoms. The number of nitrogens with one attached hydrogen (secondary N) is 1. The average molecular weight is 515 g/mol. The van der Waals surface area contributed by atoms with Crippen LogP contribution in [0.15, 0.2) is 65.6 Å². The van der Waals surface area contributed by atoms with Crippen molar-refractivity contribution in [3.8, 4) is 17.2 Å². The van der Waals surface area contributed by atoms with E-state index in [1.54, 1.807) is 0 Å². The van der Waals surface area contributed by atoms with Gasteiger partial charge in [0.1, 0.15) is 37.9 Å². The van der Waals surface area contributed by atoms with Crippen LogP contribution in [0.4, 0.5) is 10.1 Å². The first-order valence-corrected chi connectivity index (χ1v) is 12.8. The molecule has 0 radical (unpaired) electrons. The third kappa shape index (κ3) is 5.71. The molecule has 4 rings (SSSR count). The molecule has 1 heterocycles. The van der Waals surface area contributed by atoms with Crippen LogP contribution < -0.4 is 23.8 Å². The van der Waals surface area contributed by atoms with Gasteiger partial charge in [-0.15, -0.1) is 0 Å². The summed E-state index contributed by atoms with van der Waals surface area (Å²) in [4.78, 5) is 12.7. The number of ether oxygens (including phenoxy) is 3. The van der Waals surface area contributed by atoms with Crippen molar-refractivity contribution in [3.63, 3.8) is 0 Å². The highest BCUT2D eigenvalue weighted by atomic mass is 32.2. The number of hydrogen-bond donors (Lipinski definition) is 1. The summed E-state index contributed by atoms with van der Waals surface area (Å²) < 4.78 is 58.3. The zero-order valence-electron chi connectivity index (χ0n) is 20.0. The molecular weight excluding hydrogens is 487 g/mol. The number of aryl methyl sites for hydroxylation is 1. The lowest BCUT2D eigenvalue weighted by Crippen LogP contribution is -2.42. The number of benzene rings is 3. The first-order chi connectivity index (χ1) is 17.3. The maximum atomic E-state index is 13.6. The third-order valence-electron chi connectivity index (χ3n) is 5.74. The minimum atomic E-state index is -4.20. The minimum Gasteiger partial charge on any atom is -0.491 e. The van der Waals surface area contributed by atoms with Gasteiger partial charge in [0, 0.05) is 6.07 Å². The first-order valence-electron chi connectivity index (χ1n) is 11.4. The number of carbonyl (C=O) groups excluding carboxylic acids is 1. The second-order valence-electron chi connectivity index (χ2n) is 8.19. The van der Waals surface area contributed by atoms with Crippen LogP contribution in [0.2, 0.25) is 0 Å². The van der Waals surface area contributed by atoms with Crippen LogP contribution in [-0.2, 0) is 14.8 Å². The standard InChI is InChI=1S/C26H27FN2O6S/c1-18-4-3-5-23(19(18)2)33-13-12-28-26(30)17-29(21-8-6-20(27)7-9-21)36(31,32)22-10-11-24-25(16-22)35-15-14-34-24/h3-11,16H,12-15,17H2,1-2H3,(H,28,30). The van der Waals surface area contributed by atoms with E-state index in [2.05, 4.69) is 5.32 Å². The largest absolute Gasteiger partial charge is 0.491 e. The van der Waals surface area contributed by atoms with Gasteiger partial charge >= 0.3 is 0 Å². The summed E-state index contributed by atoms with van der Waals surface area (Å²) >= 11 is 0. The lowest BCUT2D eigenvalue weighted by Gasteiger charge is -2.25. The Morgan fingerprint density at radius 2 is 1.75 bits per heavy atom. The van der Waals surface area contributed by atoms with Crippen LogP contribution >= 0.6 is 0 Å². The number of rotatable bonds is 9. The smallest absolute Gasteiger partial charge is 0.264 e. The summed E-state index contributed by atoms with van der Waals surface area (Å²) in [6.07, 6.45) is 0. The lowest BCUT2D eigenvalue weighted by atomic mass is 10.1. The van der Waals surface area contributed by atoms with Gasteiger partial charge in [-0.05, 0) is 67.4 Å². The number of hydrogen-bond acceptors (Lipinski definition) is 6. The Hall–Kier alpha value is -3.79. The molecule has 3 aromatic rings. The molecule has 1 N–H and O–H groups in total. The molecular formula is C26H27FN2O6S. The first kappa shape index (κ1) is 25.3. The van der Waals surface area contributed by atoms with Crippen molar-refractivity contribution in [3.05, 3.63) is 77.6 Å². The van der Waals surface area contributed by atoms with E-state index in [1.165, 1.54) is 30.3 Å². The van der Waals surface area contributed by atoms with Crippen molar-refractivity contribution < 1.29 is 31.8 Å². The normalized spacial score (nSPS) is 12.6. The predicted molar refractivity (Wildman–Crippen MR) is 133 cm³/mol.